The van der Waals surface area contributed by atoms with Crippen molar-refractivity contribution >= 4 is 11.6 Å². The zero-order valence-corrected chi connectivity index (χ0v) is 11.3. The molecule has 0 spiro atoms. The third-order valence-electron chi connectivity index (χ3n) is 2.59. The highest BCUT2D eigenvalue weighted by molar-refractivity contribution is 6.30. The van der Waals surface area contributed by atoms with Gasteiger partial charge in [-0.15, -0.1) is 0 Å². The van der Waals surface area contributed by atoms with Gasteiger partial charge >= 0.3 is 0 Å². The number of nitrogens with zero attached hydrogens (tertiary/aromatic N) is 2. The predicted octanol–water partition coefficient (Wildman–Crippen LogP) is 2.40. The molecule has 0 aliphatic rings. The van der Waals surface area contributed by atoms with E-state index in [0.29, 0.717) is 23.9 Å². The Hall–Kier alpha value is -1.43. The highest BCUT2D eigenvalue weighted by Crippen LogP contribution is 2.17. The van der Waals surface area contributed by atoms with Crippen molar-refractivity contribution in [3.63, 3.8) is 0 Å². The van der Waals surface area contributed by atoms with E-state index in [4.69, 9.17) is 16.3 Å². The molecule has 102 valence electrons. The lowest BCUT2D eigenvalue weighted by atomic mass is 10.3. The van der Waals surface area contributed by atoms with Gasteiger partial charge in [0.25, 0.3) is 0 Å². The summed E-state index contributed by atoms with van der Waals surface area (Å²) in [5.41, 5.74) is 1.22. The van der Waals surface area contributed by atoms with E-state index in [1.165, 1.54) is 10.7 Å². The Morgan fingerprint density at radius 3 is 3.00 bits per heavy atom. The molecule has 0 fully saturated rings. The quantitative estimate of drug-likeness (QED) is 0.828. The van der Waals surface area contributed by atoms with Gasteiger partial charge < -0.3 is 10.1 Å². The van der Waals surface area contributed by atoms with Gasteiger partial charge in [0.1, 0.15) is 11.5 Å². The zero-order valence-electron chi connectivity index (χ0n) is 10.6. The van der Waals surface area contributed by atoms with Crippen LogP contribution >= 0.6 is 11.6 Å². The normalized spacial score (nSPS) is 10.9. The molecule has 2 rings (SSSR count). The van der Waals surface area contributed by atoms with E-state index in [0.717, 1.165) is 12.2 Å². The molecule has 1 aromatic carbocycles. The second-order valence-corrected chi connectivity index (χ2v) is 4.45. The Kier molecular flexibility index (Phi) is 4.90. The van der Waals surface area contributed by atoms with Gasteiger partial charge in [0.05, 0.1) is 12.3 Å². The SMILES string of the molecule is COCCNCc1ccn(-c2ccc(Cl)cc2F)n1. The average molecular weight is 284 g/mol. The lowest BCUT2D eigenvalue weighted by molar-refractivity contribution is 0.199. The Balaban J connectivity index is 2.04. The van der Waals surface area contributed by atoms with E-state index in [-0.39, 0.29) is 0 Å². The van der Waals surface area contributed by atoms with Gasteiger partial charge in [-0.05, 0) is 24.3 Å². The van der Waals surface area contributed by atoms with Crippen LogP contribution in [-0.4, -0.2) is 30.0 Å². The summed E-state index contributed by atoms with van der Waals surface area (Å²) in [5.74, 6) is -0.394. The first-order valence-corrected chi connectivity index (χ1v) is 6.28. The molecule has 6 heteroatoms. The fourth-order valence-corrected chi connectivity index (χ4v) is 1.81. The fourth-order valence-electron chi connectivity index (χ4n) is 1.65. The van der Waals surface area contributed by atoms with Gasteiger partial charge in [-0.2, -0.15) is 5.10 Å². The van der Waals surface area contributed by atoms with Crippen molar-refractivity contribution in [3.05, 3.63) is 47.0 Å². The number of rotatable bonds is 6. The summed E-state index contributed by atoms with van der Waals surface area (Å²) in [6.45, 7) is 2.01. The van der Waals surface area contributed by atoms with Gasteiger partial charge in [0, 0.05) is 31.4 Å². The molecule has 0 aliphatic carbocycles. The average Bonchev–Trinajstić information content (AvgIpc) is 2.83. The molecule has 1 N–H and O–H groups in total. The van der Waals surface area contributed by atoms with Gasteiger partial charge in [0.15, 0.2) is 0 Å². The molecule has 0 aliphatic heterocycles. The molecule has 0 saturated heterocycles. The highest BCUT2D eigenvalue weighted by atomic mass is 35.5. The predicted molar refractivity (Wildman–Crippen MR) is 72.1 cm³/mol. The van der Waals surface area contributed by atoms with Gasteiger partial charge in [-0.25, -0.2) is 9.07 Å². The molecule has 1 heterocycles. The lowest BCUT2D eigenvalue weighted by Gasteiger charge is -2.04. The molecule has 4 nitrogen and oxygen atoms in total. The Labute approximate surface area is 116 Å². The molecule has 2 aromatic rings. The van der Waals surface area contributed by atoms with Gasteiger partial charge in [-0.1, -0.05) is 11.6 Å². The minimum absolute atomic E-state index is 0.370. The van der Waals surface area contributed by atoms with Crippen LogP contribution in [0, 0.1) is 5.82 Å². The van der Waals surface area contributed by atoms with Crippen molar-refractivity contribution in [1.29, 1.82) is 0 Å². The molecular formula is C13H15ClFN3O. The third kappa shape index (κ3) is 3.76. The molecule has 0 radical (unpaired) electrons. The van der Waals surface area contributed by atoms with Gasteiger partial charge in [0.2, 0.25) is 0 Å². The van der Waals surface area contributed by atoms with E-state index in [1.807, 2.05) is 6.07 Å². The number of ether oxygens (including phenoxy) is 1. The number of aromatic nitrogens is 2. The Morgan fingerprint density at radius 1 is 1.42 bits per heavy atom. The summed E-state index contributed by atoms with van der Waals surface area (Å²) in [6.07, 6.45) is 1.72. The van der Waals surface area contributed by atoms with Crippen LogP contribution in [0.15, 0.2) is 30.5 Å². The van der Waals surface area contributed by atoms with Crippen molar-refractivity contribution in [1.82, 2.24) is 15.1 Å². The number of methoxy groups -OCH3 is 1. The largest absolute Gasteiger partial charge is 0.383 e. The first kappa shape index (κ1) is 14.0. The van der Waals surface area contributed by atoms with E-state index in [1.54, 1.807) is 25.4 Å². The van der Waals surface area contributed by atoms with Crippen molar-refractivity contribution < 1.29 is 9.13 Å². The maximum absolute atomic E-state index is 13.7. The molecular weight excluding hydrogens is 269 g/mol. The minimum Gasteiger partial charge on any atom is -0.383 e. The van der Waals surface area contributed by atoms with Crippen LogP contribution in [0.3, 0.4) is 0 Å². The summed E-state index contributed by atoms with van der Waals surface area (Å²) < 4.78 is 20.2. The summed E-state index contributed by atoms with van der Waals surface area (Å²) in [6, 6.07) is 6.36. The minimum atomic E-state index is -0.394. The Bertz CT molecular complexity index is 544. The van der Waals surface area contributed by atoms with Gasteiger partial charge in [-0.3, -0.25) is 0 Å². The van der Waals surface area contributed by atoms with Crippen molar-refractivity contribution in [3.8, 4) is 5.69 Å². The second-order valence-electron chi connectivity index (χ2n) is 4.02. The summed E-state index contributed by atoms with van der Waals surface area (Å²) in [7, 11) is 1.65. The summed E-state index contributed by atoms with van der Waals surface area (Å²) >= 11 is 5.72. The number of hydrogen-bond acceptors (Lipinski definition) is 3. The summed E-state index contributed by atoms with van der Waals surface area (Å²) in [4.78, 5) is 0. The molecule has 19 heavy (non-hydrogen) atoms. The van der Waals surface area contributed by atoms with E-state index < -0.39 is 5.82 Å². The molecule has 0 amide bonds. The lowest BCUT2D eigenvalue weighted by Crippen LogP contribution is -2.18. The smallest absolute Gasteiger partial charge is 0.150 e. The maximum atomic E-state index is 13.7. The van der Waals surface area contributed by atoms with Crippen LogP contribution in [0.25, 0.3) is 5.69 Å². The number of halogens is 2. The Morgan fingerprint density at radius 2 is 2.26 bits per heavy atom. The van der Waals surface area contributed by atoms with E-state index in [2.05, 4.69) is 10.4 Å². The molecule has 0 bridgehead atoms. The number of hydrogen-bond donors (Lipinski definition) is 1. The number of benzene rings is 1. The van der Waals surface area contributed by atoms with Crippen LogP contribution in [0.2, 0.25) is 5.02 Å². The molecule has 0 unspecified atom stereocenters. The van der Waals surface area contributed by atoms with Crippen molar-refractivity contribution in [2.45, 2.75) is 6.54 Å². The molecule has 0 saturated carbocycles. The first-order valence-electron chi connectivity index (χ1n) is 5.90. The molecule has 0 atom stereocenters. The maximum Gasteiger partial charge on any atom is 0.150 e. The first-order chi connectivity index (χ1) is 9.20. The molecule has 1 aromatic heterocycles. The fraction of sp³-hybridized carbons (Fsp3) is 0.308. The zero-order chi connectivity index (χ0) is 13.7. The van der Waals surface area contributed by atoms with E-state index in [9.17, 15) is 4.39 Å². The van der Waals surface area contributed by atoms with Crippen LogP contribution in [0.5, 0.6) is 0 Å². The topological polar surface area (TPSA) is 39.1 Å². The van der Waals surface area contributed by atoms with E-state index >= 15 is 0 Å². The number of nitrogens with one attached hydrogen (secondary N) is 1. The highest BCUT2D eigenvalue weighted by Gasteiger charge is 2.07. The second kappa shape index (κ2) is 6.65. The van der Waals surface area contributed by atoms with Crippen LogP contribution in [-0.2, 0) is 11.3 Å². The van der Waals surface area contributed by atoms with Crippen molar-refractivity contribution in [2.24, 2.45) is 0 Å². The van der Waals surface area contributed by atoms with Crippen LogP contribution in [0.1, 0.15) is 5.69 Å². The standard InChI is InChI=1S/C13H15ClFN3O/c1-19-7-5-16-9-11-4-6-18(17-11)13-3-2-10(14)8-12(13)15/h2-4,6,8,16H,5,7,9H2,1H3. The van der Waals surface area contributed by atoms with Crippen molar-refractivity contribution in [2.75, 3.05) is 20.3 Å². The third-order valence-corrected chi connectivity index (χ3v) is 2.83. The monoisotopic (exact) mass is 283 g/mol. The summed E-state index contributed by atoms with van der Waals surface area (Å²) in [5, 5.41) is 7.84. The van der Waals surface area contributed by atoms with Crippen LogP contribution in [0.4, 0.5) is 4.39 Å². The van der Waals surface area contributed by atoms with Crippen LogP contribution < -0.4 is 5.32 Å².